The quantitative estimate of drug-likeness (QED) is 0.164. The molecule has 2 heterocycles. The van der Waals surface area contributed by atoms with Gasteiger partial charge in [-0.15, -0.1) is 22.7 Å². The Hall–Kier alpha value is -6.26. The van der Waals surface area contributed by atoms with Gasteiger partial charge in [0.15, 0.2) is 0 Å². The van der Waals surface area contributed by atoms with Gasteiger partial charge in [0.25, 0.3) is 0 Å². The monoisotopic (exact) mass is 737 g/mol. The number of nitrogens with zero attached hydrogens (tertiary/aromatic N) is 1. The van der Waals surface area contributed by atoms with Crippen LogP contribution in [0.3, 0.4) is 0 Å². The predicted molar refractivity (Wildman–Crippen MR) is 241 cm³/mol. The molecule has 0 aliphatic heterocycles. The van der Waals surface area contributed by atoms with Gasteiger partial charge in [-0.05, 0) is 117 Å². The Morgan fingerprint density at radius 1 is 0.455 bits per heavy atom. The maximum Gasteiger partial charge on any atom is 0.0551 e. The molecule has 0 amide bonds. The molecule has 2 aromatic heterocycles. The van der Waals surface area contributed by atoms with E-state index in [1.165, 1.54) is 96.2 Å². The first-order valence-corrected chi connectivity index (χ1v) is 20.6. The summed E-state index contributed by atoms with van der Waals surface area (Å²) in [7, 11) is 0. The second-order valence-electron chi connectivity index (χ2n) is 14.4. The molecule has 0 atom stereocenters. The van der Waals surface area contributed by atoms with Crippen molar-refractivity contribution in [2.45, 2.75) is 12.8 Å². The normalized spacial score (nSPS) is 12.5. The van der Waals surface area contributed by atoms with E-state index in [-0.39, 0.29) is 0 Å². The lowest BCUT2D eigenvalue weighted by molar-refractivity contribution is 1.01. The first-order chi connectivity index (χ1) is 27.3. The molecule has 0 bridgehead atoms. The molecule has 8 aromatic carbocycles. The molecule has 55 heavy (non-hydrogen) atoms. The number of hydrogen-bond acceptors (Lipinski definition) is 3. The number of aryl methyl sites for hydroxylation is 1. The number of anilines is 3. The largest absolute Gasteiger partial charge is 0.310 e. The molecule has 3 heteroatoms. The van der Waals surface area contributed by atoms with Gasteiger partial charge >= 0.3 is 0 Å². The van der Waals surface area contributed by atoms with E-state index in [4.69, 9.17) is 0 Å². The van der Waals surface area contributed by atoms with Crippen LogP contribution in [0.2, 0.25) is 0 Å². The second kappa shape index (κ2) is 13.2. The van der Waals surface area contributed by atoms with Crippen molar-refractivity contribution in [2.75, 3.05) is 4.90 Å². The van der Waals surface area contributed by atoms with Crippen LogP contribution in [0, 0.1) is 0 Å². The summed E-state index contributed by atoms with van der Waals surface area (Å²) in [5.41, 5.74) is 12.5. The summed E-state index contributed by atoms with van der Waals surface area (Å²) in [4.78, 5) is 3.89. The number of benzene rings is 8. The van der Waals surface area contributed by atoms with Crippen molar-refractivity contribution < 1.29 is 0 Å². The molecular weight excluding hydrogens is 703 g/mol. The third kappa shape index (κ3) is 5.50. The van der Waals surface area contributed by atoms with Crippen LogP contribution >= 0.6 is 22.7 Å². The summed E-state index contributed by atoms with van der Waals surface area (Å²) in [6.45, 7) is 0. The Morgan fingerprint density at radius 2 is 1.18 bits per heavy atom. The van der Waals surface area contributed by atoms with Crippen LogP contribution in [-0.4, -0.2) is 0 Å². The van der Waals surface area contributed by atoms with E-state index in [0.29, 0.717) is 0 Å². The van der Waals surface area contributed by atoms with Crippen LogP contribution in [0.15, 0.2) is 182 Å². The predicted octanol–water partition coefficient (Wildman–Crippen LogP) is 15.9. The number of thiophene rings is 2. The van der Waals surface area contributed by atoms with Crippen molar-refractivity contribution in [2.24, 2.45) is 0 Å². The molecule has 0 unspecified atom stereocenters. The topological polar surface area (TPSA) is 3.24 Å². The fourth-order valence-corrected chi connectivity index (χ4v) is 10.9. The van der Waals surface area contributed by atoms with Crippen molar-refractivity contribution in [1.82, 2.24) is 0 Å². The Kier molecular flexibility index (Phi) is 7.75. The van der Waals surface area contributed by atoms with Crippen molar-refractivity contribution >= 4 is 86.8 Å². The van der Waals surface area contributed by atoms with E-state index in [0.717, 1.165) is 18.5 Å². The van der Waals surface area contributed by atoms with Crippen molar-refractivity contribution in [1.29, 1.82) is 0 Å². The van der Waals surface area contributed by atoms with Gasteiger partial charge in [0.05, 0.1) is 5.69 Å². The average molecular weight is 738 g/mol. The Labute approximate surface area is 328 Å². The lowest BCUT2D eigenvalue weighted by Crippen LogP contribution is -2.11. The van der Waals surface area contributed by atoms with Gasteiger partial charge in [-0.25, -0.2) is 0 Å². The molecule has 1 aliphatic carbocycles. The minimum absolute atomic E-state index is 1.05. The van der Waals surface area contributed by atoms with Gasteiger partial charge in [-0.1, -0.05) is 133 Å². The molecule has 0 saturated heterocycles. The molecule has 0 N–H and O–H groups in total. The molecule has 0 saturated carbocycles. The summed E-state index contributed by atoms with van der Waals surface area (Å²) in [6.07, 6.45) is 6.79. The highest BCUT2D eigenvalue weighted by atomic mass is 32.1. The summed E-state index contributed by atoms with van der Waals surface area (Å²) in [5.74, 6) is 0. The van der Waals surface area contributed by atoms with Crippen molar-refractivity contribution in [3.8, 4) is 33.4 Å². The van der Waals surface area contributed by atoms with Gasteiger partial charge in [-0.3, -0.25) is 0 Å². The highest BCUT2D eigenvalue weighted by Crippen LogP contribution is 2.50. The molecule has 260 valence electrons. The van der Waals surface area contributed by atoms with Gasteiger partial charge in [0.1, 0.15) is 0 Å². The van der Waals surface area contributed by atoms with E-state index >= 15 is 0 Å². The summed E-state index contributed by atoms with van der Waals surface area (Å²) in [6, 6.07) is 64.9. The van der Waals surface area contributed by atoms with E-state index in [1.54, 1.807) is 0 Å². The molecular formula is C52H35NS2. The van der Waals surface area contributed by atoms with Crippen LogP contribution in [0.5, 0.6) is 0 Å². The van der Waals surface area contributed by atoms with Crippen LogP contribution in [0.4, 0.5) is 17.1 Å². The summed E-state index contributed by atoms with van der Waals surface area (Å²) < 4.78 is 3.99. The molecule has 0 spiro atoms. The second-order valence-corrected chi connectivity index (χ2v) is 16.5. The lowest BCUT2D eigenvalue weighted by Gasteiger charge is -2.28. The SMILES string of the molecule is C1=Cc2sc3c(-c4ccccc4)ccc(N(c4ccc(-c5ccc6cccc(-c7ccccc7)c6c5)cc4)c4ccc5sc6ccccc6c5c4)c3c2CC1. The van der Waals surface area contributed by atoms with Crippen LogP contribution in [0.25, 0.3) is 80.5 Å². The molecule has 1 aliphatic rings. The zero-order chi connectivity index (χ0) is 36.3. The highest BCUT2D eigenvalue weighted by molar-refractivity contribution is 7.25. The molecule has 0 fully saturated rings. The Morgan fingerprint density at radius 3 is 2.02 bits per heavy atom. The van der Waals surface area contributed by atoms with Gasteiger partial charge in [-0.2, -0.15) is 0 Å². The van der Waals surface area contributed by atoms with Gasteiger partial charge in [0.2, 0.25) is 0 Å². The van der Waals surface area contributed by atoms with Crippen LogP contribution in [0.1, 0.15) is 16.9 Å². The lowest BCUT2D eigenvalue weighted by atomic mass is 9.94. The first-order valence-electron chi connectivity index (χ1n) is 19.0. The number of allylic oxidation sites excluding steroid dienone is 1. The van der Waals surface area contributed by atoms with E-state index in [9.17, 15) is 0 Å². The number of rotatable bonds is 6. The minimum atomic E-state index is 1.05. The molecule has 1 nitrogen and oxygen atoms in total. The third-order valence-electron chi connectivity index (χ3n) is 11.1. The van der Waals surface area contributed by atoms with Gasteiger partial charge in [0, 0.05) is 46.5 Å². The number of hydrogen-bond donors (Lipinski definition) is 0. The van der Waals surface area contributed by atoms with Crippen LogP contribution < -0.4 is 4.90 Å². The van der Waals surface area contributed by atoms with E-state index < -0.39 is 0 Å². The zero-order valence-corrected chi connectivity index (χ0v) is 31.7. The van der Waals surface area contributed by atoms with Crippen molar-refractivity contribution in [3.63, 3.8) is 0 Å². The Balaban J connectivity index is 1.10. The molecule has 10 aromatic rings. The zero-order valence-electron chi connectivity index (χ0n) is 30.1. The summed E-state index contributed by atoms with van der Waals surface area (Å²) in [5, 5.41) is 6.51. The highest BCUT2D eigenvalue weighted by Gasteiger charge is 2.24. The maximum atomic E-state index is 2.51. The third-order valence-corrected chi connectivity index (χ3v) is 13.5. The minimum Gasteiger partial charge on any atom is -0.310 e. The van der Waals surface area contributed by atoms with Crippen LogP contribution in [-0.2, 0) is 6.42 Å². The number of fused-ring (bicyclic) bond motifs is 7. The average Bonchev–Trinajstić information content (AvgIpc) is 3.83. The first kappa shape index (κ1) is 32.2. The molecule has 11 rings (SSSR count). The smallest absolute Gasteiger partial charge is 0.0551 e. The Bertz CT molecular complexity index is 3080. The summed E-state index contributed by atoms with van der Waals surface area (Å²) >= 11 is 3.81. The van der Waals surface area contributed by atoms with Crippen molar-refractivity contribution in [3.05, 3.63) is 192 Å². The fourth-order valence-electron chi connectivity index (χ4n) is 8.50. The van der Waals surface area contributed by atoms with E-state index in [1.807, 2.05) is 22.7 Å². The fraction of sp³-hybridized carbons (Fsp3) is 0.0385. The standard InChI is InChI=1S/C52H35NS2/c1-3-12-35(13-4-1)41-19-11-16-37-22-23-38(32-45(37)41)34-24-26-39(27-25-34)53(40-28-31-50-46(33-40)43-17-7-9-20-48(43)54-50)47-30-29-42(36-14-5-2-6-15-36)52-51(47)44-18-8-10-21-49(44)55-52/h1-7,9-17,19-33H,8,18H2. The maximum absolute atomic E-state index is 2.51. The van der Waals surface area contributed by atoms with Gasteiger partial charge < -0.3 is 4.90 Å². The van der Waals surface area contributed by atoms with E-state index in [2.05, 4.69) is 193 Å². The molecule has 0 radical (unpaired) electrons.